The predicted octanol–water partition coefficient (Wildman–Crippen LogP) is 4.55. The highest BCUT2D eigenvalue weighted by molar-refractivity contribution is 6.10. The first-order valence-electron chi connectivity index (χ1n) is 10.0. The van der Waals surface area contributed by atoms with Crippen LogP contribution in [0.2, 0.25) is 0 Å². The van der Waals surface area contributed by atoms with E-state index in [1.165, 1.54) is 0 Å². The van der Waals surface area contributed by atoms with Crippen LogP contribution in [0.5, 0.6) is 0 Å². The first kappa shape index (κ1) is 19.8. The van der Waals surface area contributed by atoms with Crippen molar-refractivity contribution in [1.29, 1.82) is 5.26 Å². The maximum Gasteiger partial charge on any atom is 0.236 e. The molecule has 1 N–H and O–H groups in total. The van der Waals surface area contributed by atoms with Gasteiger partial charge in [0, 0.05) is 23.5 Å². The molecule has 1 aromatic heterocycles. The summed E-state index contributed by atoms with van der Waals surface area (Å²) in [5.74, 6) is 0.747. The number of fused-ring (bicyclic) bond motifs is 2. The van der Waals surface area contributed by atoms with Gasteiger partial charge in [0.15, 0.2) is 5.82 Å². The van der Waals surface area contributed by atoms with Crippen LogP contribution >= 0.6 is 0 Å². The Morgan fingerprint density at radius 2 is 1.90 bits per heavy atom. The smallest absolute Gasteiger partial charge is 0.236 e. The SMILES string of the molecule is Cc1c(C#N)cccc1C(C)Nc1nnc(C)c2cc3c(cc12)N(C)C(=O)C3(C)C. The Hall–Kier alpha value is -3.46. The summed E-state index contributed by atoms with van der Waals surface area (Å²) in [7, 11) is 1.82. The third-order valence-electron chi connectivity index (χ3n) is 6.27. The second-order valence-electron chi connectivity index (χ2n) is 8.54. The molecule has 0 radical (unpaired) electrons. The van der Waals surface area contributed by atoms with Crippen molar-refractivity contribution in [3.63, 3.8) is 0 Å². The van der Waals surface area contributed by atoms with Crippen LogP contribution in [0, 0.1) is 25.2 Å². The molecule has 0 fully saturated rings. The summed E-state index contributed by atoms with van der Waals surface area (Å²) in [5.41, 5.74) is 4.84. The van der Waals surface area contributed by atoms with E-state index in [1.807, 2.05) is 65.9 Å². The van der Waals surface area contributed by atoms with E-state index in [0.717, 1.165) is 38.8 Å². The normalized spacial score (nSPS) is 15.8. The Balaban J connectivity index is 1.83. The zero-order valence-electron chi connectivity index (χ0n) is 18.2. The van der Waals surface area contributed by atoms with E-state index < -0.39 is 5.41 Å². The van der Waals surface area contributed by atoms with E-state index in [1.54, 1.807) is 4.90 Å². The number of nitrogens with zero attached hydrogens (tertiary/aromatic N) is 4. The minimum absolute atomic E-state index is 0.0671. The highest BCUT2D eigenvalue weighted by atomic mass is 16.2. The average molecular weight is 399 g/mol. The lowest BCUT2D eigenvalue weighted by atomic mass is 9.85. The fourth-order valence-electron chi connectivity index (χ4n) is 4.37. The standard InChI is InChI=1S/C24H25N5O/c1-13-16(12-25)8-7-9-17(13)14(2)26-22-19-11-21-20(10-18(19)15(3)27-28-22)24(4,5)23(30)29(21)6/h7-11,14H,1-6H3,(H,26,28). The quantitative estimate of drug-likeness (QED) is 0.699. The summed E-state index contributed by atoms with van der Waals surface area (Å²) in [5, 5.41) is 23.5. The largest absolute Gasteiger partial charge is 0.362 e. The molecule has 2 aromatic carbocycles. The molecule has 0 bridgehead atoms. The molecule has 2 heterocycles. The van der Waals surface area contributed by atoms with Gasteiger partial charge >= 0.3 is 0 Å². The third-order valence-corrected chi connectivity index (χ3v) is 6.27. The maximum atomic E-state index is 12.7. The van der Waals surface area contributed by atoms with E-state index >= 15 is 0 Å². The maximum absolute atomic E-state index is 12.7. The number of amides is 1. The third kappa shape index (κ3) is 2.81. The van der Waals surface area contributed by atoms with Crippen LogP contribution in [-0.4, -0.2) is 23.2 Å². The van der Waals surface area contributed by atoms with Gasteiger partial charge in [0.25, 0.3) is 0 Å². The van der Waals surface area contributed by atoms with Crippen LogP contribution in [0.15, 0.2) is 30.3 Å². The molecule has 1 amide bonds. The van der Waals surface area contributed by atoms with Gasteiger partial charge in [-0.05, 0) is 69.5 Å². The van der Waals surface area contributed by atoms with Gasteiger partial charge in [0.1, 0.15) is 0 Å². The first-order valence-corrected chi connectivity index (χ1v) is 10.0. The van der Waals surface area contributed by atoms with Crippen LogP contribution in [-0.2, 0) is 10.2 Å². The Morgan fingerprint density at radius 3 is 2.60 bits per heavy atom. The summed E-state index contributed by atoms with van der Waals surface area (Å²) >= 11 is 0. The number of likely N-dealkylation sites (N-methyl/N-ethyl adjacent to an activating group) is 1. The number of carbonyl (C=O) groups is 1. The molecule has 1 aliphatic rings. The van der Waals surface area contributed by atoms with Crippen molar-refractivity contribution in [3.8, 4) is 6.07 Å². The summed E-state index contributed by atoms with van der Waals surface area (Å²) in [4.78, 5) is 14.5. The Kier molecular flexibility index (Phi) is 4.50. The summed E-state index contributed by atoms with van der Waals surface area (Å²) < 4.78 is 0. The Labute approximate surface area is 176 Å². The number of hydrogen-bond donors (Lipinski definition) is 1. The fourth-order valence-corrected chi connectivity index (χ4v) is 4.37. The second-order valence-corrected chi connectivity index (χ2v) is 8.54. The van der Waals surface area contributed by atoms with E-state index in [0.29, 0.717) is 11.4 Å². The molecule has 0 spiro atoms. The minimum Gasteiger partial charge on any atom is -0.362 e. The van der Waals surface area contributed by atoms with Gasteiger partial charge in [0.2, 0.25) is 5.91 Å². The number of nitrogens with one attached hydrogen (secondary N) is 1. The Morgan fingerprint density at radius 1 is 1.17 bits per heavy atom. The molecule has 1 unspecified atom stereocenters. The highest BCUT2D eigenvalue weighted by Gasteiger charge is 2.42. The summed E-state index contributed by atoms with van der Waals surface area (Å²) in [6.45, 7) is 9.85. The van der Waals surface area contributed by atoms with Crippen LogP contribution in [0.1, 0.15) is 54.8 Å². The van der Waals surface area contributed by atoms with Gasteiger partial charge in [-0.3, -0.25) is 4.79 Å². The van der Waals surface area contributed by atoms with Crippen molar-refractivity contribution in [3.05, 3.63) is 58.3 Å². The lowest BCUT2D eigenvalue weighted by Crippen LogP contribution is -2.33. The van der Waals surface area contributed by atoms with Gasteiger partial charge < -0.3 is 10.2 Å². The van der Waals surface area contributed by atoms with Crippen LogP contribution in [0.3, 0.4) is 0 Å². The van der Waals surface area contributed by atoms with Crippen molar-refractivity contribution in [1.82, 2.24) is 10.2 Å². The van der Waals surface area contributed by atoms with Gasteiger partial charge in [0.05, 0.1) is 28.8 Å². The van der Waals surface area contributed by atoms with Crippen molar-refractivity contribution < 1.29 is 4.79 Å². The molecule has 4 rings (SSSR count). The monoisotopic (exact) mass is 399 g/mol. The molecule has 6 nitrogen and oxygen atoms in total. The Bertz CT molecular complexity index is 1240. The zero-order valence-corrected chi connectivity index (χ0v) is 18.2. The van der Waals surface area contributed by atoms with Crippen molar-refractivity contribution in [2.75, 3.05) is 17.3 Å². The van der Waals surface area contributed by atoms with E-state index in [9.17, 15) is 10.1 Å². The molecule has 6 heteroatoms. The zero-order chi connectivity index (χ0) is 21.8. The fraction of sp³-hybridized carbons (Fsp3) is 0.333. The number of benzene rings is 2. The molecule has 0 saturated heterocycles. The topological polar surface area (TPSA) is 81.9 Å². The van der Waals surface area contributed by atoms with Gasteiger partial charge in [-0.25, -0.2) is 0 Å². The molecule has 1 aliphatic heterocycles. The van der Waals surface area contributed by atoms with Crippen LogP contribution in [0.25, 0.3) is 10.8 Å². The number of carbonyl (C=O) groups excluding carboxylic acids is 1. The molecule has 1 atom stereocenters. The number of anilines is 2. The lowest BCUT2D eigenvalue weighted by molar-refractivity contribution is -0.121. The average Bonchev–Trinajstić information content (AvgIpc) is 2.89. The lowest BCUT2D eigenvalue weighted by Gasteiger charge is -2.20. The summed E-state index contributed by atoms with van der Waals surface area (Å²) in [6, 6.07) is 12.0. The van der Waals surface area contributed by atoms with Crippen molar-refractivity contribution in [2.24, 2.45) is 0 Å². The van der Waals surface area contributed by atoms with Crippen LogP contribution in [0.4, 0.5) is 11.5 Å². The minimum atomic E-state index is -0.566. The van der Waals surface area contributed by atoms with E-state index in [-0.39, 0.29) is 11.9 Å². The molecule has 152 valence electrons. The number of aromatic nitrogens is 2. The highest BCUT2D eigenvalue weighted by Crippen LogP contribution is 2.44. The number of hydrogen-bond acceptors (Lipinski definition) is 5. The molecule has 30 heavy (non-hydrogen) atoms. The van der Waals surface area contributed by atoms with E-state index in [4.69, 9.17) is 0 Å². The molecular weight excluding hydrogens is 374 g/mol. The number of nitriles is 1. The van der Waals surface area contributed by atoms with Crippen LogP contribution < -0.4 is 10.2 Å². The van der Waals surface area contributed by atoms with Crippen molar-refractivity contribution in [2.45, 2.75) is 46.1 Å². The van der Waals surface area contributed by atoms with Gasteiger partial charge in [-0.15, -0.1) is 5.10 Å². The van der Waals surface area contributed by atoms with Gasteiger partial charge in [-0.1, -0.05) is 12.1 Å². The van der Waals surface area contributed by atoms with Crippen molar-refractivity contribution >= 4 is 28.2 Å². The molecular formula is C24H25N5O. The number of aryl methyl sites for hydroxylation is 1. The molecule has 0 aliphatic carbocycles. The summed E-state index contributed by atoms with van der Waals surface area (Å²) in [6.07, 6.45) is 0. The second kappa shape index (κ2) is 6.81. The molecule has 3 aromatic rings. The van der Waals surface area contributed by atoms with Gasteiger partial charge in [-0.2, -0.15) is 10.4 Å². The predicted molar refractivity (Wildman–Crippen MR) is 119 cm³/mol. The van der Waals surface area contributed by atoms with E-state index in [2.05, 4.69) is 27.6 Å². The first-order chi connectivity index (χ1) is 14.2. The molecule has 0 saturated carbocycles. The number of rotatable bonds is 3.